The molecule has 4 aliphatic carbocycles. The van der Waals surface area contributed by atoms with Crippen LogP contribution in [0.3, 0.4) is 0 Å². The summed E-state index contributed by atoms with van der Waals surface area (Å²) in [5, 5.41) is 10.1. The SMILES string of the molecule is C[C@H](CCC[C@H]1CCC2[C@@H]3CC=C4C[C@@H](O)CC[C@]4(C)C3CC[C@@]21C)C(F)(F)F. The molecule has 1 N–H and O–H groups in total. The van der Waals surface area contributed by atoms with E-state index in [-0.39, 0.29) is 17.9 Å². The summed E-state index contributed by atoms with van der Waals surface area (Å²) in [5.41, 5.74) is 2.10. The summed E-state index contributed by atoms with van der Waals surface area (Å²) in [5.74, 6) is 1.62. The molecule has 0 aromatic carbocycles. The zero-order chi connectivity index (χ0) is 21.0. The molecule has 0 radical (unpaired) electrons. The van der Waals surface area contributed by atoms with Gasteiger partial charge in [-0.25, -0.2) is 0 Å². The third-order valence-corrected chi connectivity index (χ3v) is 10.0. The molecule has 0 amide bonds. The standard InChI is InChI=1S/C25H39F3O/c1-16(25(26,27)28)5-4-6-17-8-10-21-20-9-7-18-15-19(29)11-13-24(18,3)22(20)12-14-23(17,21)2/h7,16-17,19-22,29H,4-6,8-15H2,1-3H3/t16-,17+,19+,20+,21?,22?,23-,24+/m1/s1. The average Bonchev–Trinajstić information content (AvgIpc) is 2.98. The molecule has 4 aliphatic rings. The third kappa shape index (κ3) is 3.70. The predicted molar refractivity (Wildman–Crippen MR) is 110 cm³/mol. The molecule has 0 bridgehead atoms. The van der Waals surface area contributed by atoms with E-state index in [0.29, 0.717) is 17.8 Å². The Labute approximate surface area is 174 Å². The molecule has 29 heavy (non-hydrogen) atoms. The van der Waals surface area contributed by atoms with Crippen LogP contribution in [0.25, 0.3) is 0 Å². The summed E-state index contributed by atoms with van der Waals surface area (Å²) < 4.78 is 38.6. The largest absolute Gasteiger partial charge is 0.393 e. The number of aliphatic hydroxyl groups is 1. The first kappa shape index (κ1) is 21.7. The maximum absolute atomic E-state index is 12.9. The molecular formula is C25H39F3O. The second kappa shape index (κ2) is 7.57. The lowest BCUT2D eigenvalue weighted by Gasteiger charge is -2.58. The topological polar surface area (TPSA) is 20.2 Å². The van der Waals surface area contributed by atoms with Gasteiger partial charge in [0, 0.05) is 0 Å². The molecule has 0 aromatic heterocycles. The molecular weight excluding hydrogens is 373 g/mol. The van der Waals surface area contributed by atoms with Gasteiger partial charge in [-0.1, -0.05) is 38.8 Å². The summed E-state index contributed by atoms with van der Waals surface area (Å²) in [6.07, 6.45) is 9.25. The number of aliphatic hydroxyl groups excluding tert-OH is 1. The quantitative estimate of drug-likeness (QED) is 0.481. The van der Waals surface area contributed by atoms with Crippen molar-refractivity contribution in [1.29, 1.82) is 0 Å². The van der Waals surface area contributed by atoms with Gasteiger partial charge in [0.05, 0.1) is 12.0 Å². The number of fused-ring (bicyclic) bond motifs is 5. The first-order valence-corrected chi connectivity index (χ1v) is 12.0. The van der Waals surface area contributed by atoms with Crippen LogP contribution < -0.4 is 0 Å². The van der Waals surface area contributed by atoms with Crippen molar-refractivity contribution in [1.82, 2.24) is 0 Å². The van der Waals surface area contributed by atoms with E-state index in [1.165, 1.54) is 38.2 Å². The zero-order valence-corrected chi connectivity index (χ0v) is 18.4. The van der Waals surface area contributed by atoms with Crippen molar-refractivity contribution >= 4 is 0 Å². The molecule has 8 atom stereocenters. The highest BCUT2D eigenvalue weighted by Gasteiger charge is 2.58. The minimum absolute atomic E-state index is 0.158. The van der Waals surface area contributed by atoms with E-state index >= 15 is 0 Å². The highest BCUT2D eigenvalue weighted by molar-refractivity contribution is 5.25. The maximum Gasteiger partial charge on any atom is 0.391 e. The van der Waals surface area contributed by atoms with Gasteiger partial charge in [0.2, 0.25) is 0 Å². The second-order valence-electron chi connectivity index (χ2n) is 11.3. The van der Waals surface area contributed by atoms with Crippen molar-refractivity contribution in [2.45, 2.75) is 104 Å². The number of hydrogen-bond donors (Lipinski definition) is 1. The number of hydrogen-bond acceptors (Lipinski definition) is 1. The van der Waals surface area contributed by atoms with Gasteiger partial charge < -0.3 is 5.11 Å². The number of halogens is 3. The molecule has 0 spiro atoms. The Morgan fingerprint density at radius 2 is 1.86 bits per heavy atom. The lowest BCUT2D eigenvalue weighted by Crippen LogP contribution is -2.50. The Bertz CT molecular complexity index is 640. The molecule has 4 heteroatoms. The lowest BCUT2D eigenvalue weighted by molar-refractivity contribution is -0.171. The van der Waals surface area contributed by atoms with Crippen LogP contribution in [-0.4, -0.2) is 17.4 Å². The molecule has 0 aromatic rings. The van der Waals surface area contributed by atoms with E-state index in [9.17, 15) is 18.3 Å². The summed E-state index contributed by atoms with van der Waals surface area (Å²) in [6.45, 7) is 6.25. The van der Waals surface area contributed by atoms with Gasteiger partial charge in [0.1, 0.15) is 0 Å². The zero-order valence-electron chi connectivity index (χ0n) is 18.4. The van der Waals surface area contributed by atoms with Crippen LogP contribution in [-0.2, 0) is 0 Å². The first-order valence-electron chi connectivity index (χ1n) is 12.0. The van der Waals surface area contributed by atoms with E-state index in [2.05, 4.69) is 19.9 Å². The Morgan fingerprint density at radius 3 is 2.59 bits per heavy atom. The van der Waals surface area contributed by atoms with E-state index in [0.717, 1.165) is 49.9 Å². The van der Waals surface area contributed by atoms with Crippen LogP contribution in [0.5, 0.6) is 0 Å². The molecule has 3 saturated carbocycles. The van der Waals surface area contributed by atoms with Gasteiger partial charge >= 0.3 is 6.18 Å². The van der Waals surface area contributed by atoms with Crippen molar-refractivity contribution in [2.24, 2.45) is 40.4 Å². The maximum atomic E-state index is 12.9. The molecule has 2 unspecified atom stereocenters. The minimum atomic E-state index is -4.05. The van der Waals surface area contributed by atoms with Crippen LogP contribution in [0.4, 0.5) is 13.2 Å². The Hall–Kier alpha value is -0.510. The fraction of sp³-hybridized carbons (Fsp3) is 0.920. The molecule has 166 valence electrons. The van der Waals surface area contributed by atoms with Crippen molar-refractivity contribution in [3.8, 4) is 0 Å². The highest BCUT2D eigenvalue weighted by atomic mass is 19.4. The van der Waals surface area contributed by atoms with Crippen molar-refractivity contribution in [3.63, 3.8) is 0 Å². The molecule has 0 saturated heterocycles. The second-order valence-corrected chi connectivity index (χ2v) is 11.3. The Balaban J connectivity index is 1.43. The van der Waals surface area contributed by atoms with Gasteiger partial charge in [-0.2, -0.15) is 13.2 Å². The molecule has 0 aliphatic heterocycles. The first-order chi connectivity index (χ1) is 13.6. The van der Waals surface area contributed by atoms with Gasteiger partial charge in [-0.3, -0.25) is 0 Å². The number of rotatable bonds is 4. The smallest absolute Gasteiger partial charge is 0.391 e. The van der Waals surface area contributed by atoms with E-state index in [4.69, 9.17) is 0 Å². The van der Waals surface area contributed by atoms with Gasteiger partial charge in [0.15, 0.2) is 0 Å². The van der Waals surface area contributed by atoms with Crippen LogP contribution in [0.1, 0.15) is 91.4 Å². The van der Waals surface area contributed by atoms with Crippen LogP contribution >= 0.6 is 0 Å². The summed E-state index contributed by atoms with van der Waals surface area (Å²) >= 11 is 0. The lowest BCUT2D eigenvalue weighted by atomic mass is 9.47. The summed E-state index contributed by atoms with van der Waals surface area (Å²) in [6, 6.07) is 0. The van der Waals surface area contributed by atoms with Gasteiger partial charge in [-0.15, -0.1) is 0 Å². The van der Waals surface area contributed by atoms with Gasteiger partial charge in [-0.05, 0) is 98.7 Å². The monoisotopic (exact) mass is 412 g/mol. The average molecular weight is 413 g/mol. The van der Waals surface area contributed by atoms with Crippen LogP contribution in [0.15, 0.2) is 11.6 Å². The number of allylic oxidation sites excluding steroid dienone is 1. The van der Waals surface area contributed by atoms with Crippen molar-refractivity contribution in [3.05, 3.63) is 11.6 Å². The summed E-state index contributed by atoms with van der Waals surface area (Å²) in [4.78, 5) is 0. The van der Waals surface area contributed by atoms with Crippen LogP contribution in [0, 0.1) is 40.4 Å². The highest BCUT2D eigenvalue weighted by Crippen LogP contribution is 2.66. The molecule has 1 nitrogen and oxygen atoms in total. The molecule has 4 rings (SSSR count). The fourth-order valence-corrected chi connectivity index (χ4v) is 8.06. The normalized spacial score (nSPS) is 45.8. The van der Waals surface area contributed by atoms with E-state index in [1.807, 2.05) is 0 Å². The fourth-order valence-electron chi connectivity index (χ4n) is 8.06. The molecule has 0 heterocycles. The summed E-state index contributed by atoms with van der Waals surface area (Å²) in [7, 11) is 0. The van der Waals surface area contributed by atoms with Crippen molar-refractivity contribution < 1.29 is 18.3 Å². The van der Waals surface area contributed by atoms with Crippen LogP contribution in [0.2, 0.25) is 0 Å². The Kier molecular flexibility index (Phi) is 5.67. The number of alkyl halides is 3. The predicted octanol–water partition coefficient (Wildman–Crippen LogP) is 7.30. The van der Waals surface area contributed by atoms with E-state index in [1.54, 1.807) is 0 Å². The minimum Gasteiger partial charge on any atom is -0.393 e. The third-order valence-electron chi connectivity index (χ3n) is 10.0. The van der Waals surface area contributed by atoms with Crippen molar-refractivity contribution in [2.75, 3.05) is 0 Å². The Morgan fingerprint density at radius 1 is 1.10 bits per heavy atom. The molecule has 3 fully saturated rings. The van der Waals surface area contributed by atoms with Gasteiger partial charge in [0.25, 0.3) is 0 Å². The van der Waals surface area contributed by atoms with E-state index < -0.39 is 12.1 Å².